The predicted octanol–water partition coefficient (Wildman–Crippen LogP) is -0.268. The third-order valence-electron chi connectivity index (χ3n) is 0.783. The van der Waals surface area contributed by atoms with Crippen molar-refractivity contribution in [2.45, 2.75) is 0 Å². The van der Waals surface area contributed by atoms with E-state index in [2.05, 4.69) is 29.5 Å². The minimum Gasteiger partial charge on any atom is -0.290 e. The lowest BCUT2D eigenvalue weighted by Gasteiger charge is -1.91. The molecule has 2 N–H and O–H groups in total. The van der Waals surface area contributed by atoms with Gasteiger partial charge in [0.05, 0.1) is 0 Å². The molecule has 0 spiro atoms. The van der Waals surface area contributed by atoms with Crippen LogP contribution < -0.4 is 10.6 Å². The maximum atomic E-state index is 2.90. The van der Waals surface area contributed by atoms with Crippen LogP contribution in [-0.2, 0) is 0 Å². The Hall–Kier alpha value is -0.340. The quantitative estimate of drug-likeness (QED) is 0.406. The van der Waals surface area contributed by atoms with Crippen LogP contribution in [0.1, 0.15) is 0 Å². The first-order valence-electron chi connectivity index (χ1n) is 2.36. The van der Waals surface area contributed by atoms with Crippen molar-refractivity contribution in [3.63, 3.8) is 0 Å². The Labute approximate surface area is 43.6 Å². The van der Waals surface area contributed by atoms with E-state index in [0.717, 1.165) is 13.1 Å². The van der Waals surface area contributed by atoms with Crippen LogP contribution in [0.2, 0.25) is 0 Å². The average Bonchev–Trinajstić information content (AvgIpc) is 1.90. The molecule has 2 radical (unpaired) electrons. The molecule has 0 saturated heterocycles. The summed E-state index contributed by atoms with van der Waals surface area (Å²) in [5.41, 5.74) is 0. The van der Waals surface area contributed by atoms with E-state index in [4.69, 9.17) is 0 Å². The zero-order valence-electron chi connectivity index (χ0n) is 4.07. The molecule has 0 unspecified atom stereocenters. The van der Waals surface area contributed by atoms with Crippen LogP contribution in [0.15, 0.2) is 12.2 Å². The maximum absolute atomic E-state index is 2.90. The molecule has 0 amide bonds. The van der Waals surface area contributed by atoms with Crippen LogP contribution in [0.4, 0.5) is 0 Å². The molecule has 0 aromatic rings. The summed E-state index contributed by atoms with van der Waals surface area (Å²) in [4.78, 5) is 0. The Balaban J connectivity index is 2.20. The lowest BCUT2D eigenvalue weighted by atomic mass is 10.5. The fourth-order valence-electron chi connectivity index (χ4n) is 0.449. The van der Waals surface area contributed by atoms with E-state index >= 15 is 0 Å². The summed E-state index contributed by atoms with van der Waals surface area (Å²) in [6.07, 6.45) is 4.12. The Bertz CT molecular complexity index is 60.5. The Morgan fingerprint density at radius 1 is 1.14 bits per heavy atom. The fraction of sp³-hybridized carbons (Fsp3) is 0.400. The van der Waals surface area contributed by atoms with Gasteiger partial charge in [-0.3, -0.25) is 10.6 Å². The van der Waals surface area contributed by atoms with Crippen LogP contribution in [-0.4, -0.2) is 13.1 Å². The minimum absolute atomic E-state index is 0.896. The van der Waals surface area contributed by atoms with Gasteiger partial charge in [0, 0.05) is 13.1 Å². The summed E-state index contributed by atoms with van der Waals surface area (Å²) in [5.74, 6) is 0. The molecule has 0 aromatic heterocycles. The van der Waals surface area contributed by atoms with E-state index in [1.54, 1.807) is 0 Å². The topological polar surface area (TPSA) is 24.1 Å². The summed E-state index contributed by atoms with van der Waals surface area (Å²) in [6.45, 7) is 4.58. The first kappa shape index (κ1) is 4.81. The molecule has 38 valence electrons. The first-order chi connectivity index (χ1) is 3.50. The van der Waals surface area contributed by atoms with E-state index in [-0.39, 0.29) is 0 Å². The molecule has 0 aliphatic carbocycles. The van der Waals surface area contributed by atoms with E-state index in [0.29, 0.717) is 0 Å². The molecular weight excluding hydrogens is 88.1 g/mol. The molecule has 7 heavy (non-hydrogen) atoms. The van der Waals surface area contributed by atoms with Crippen molar-refractivity contribution in [3.8, 4) is 0 Å². The standard InChI is InChI=1S/C5H8N2/c1-2-4-7-5-6-3-1/h1-2,6-7H,3-4H2. The van der Waals surface area contributed by atoms with Gasteiger partial charge in [0.2, 0.25) is 0 Å². The van der Waals surface area contributed by atoms with Crippen molar-refractivity contribution in [1.82, 2.24) is 10.6 Å². The maximum Gasteiger partial charge on any atom is 0.141 e. The van der Waals surface area contributed by atoms with Crippen LogP contribution in [0.25, 0.3) is 0 Å². The van der Waals surface area contributed by atoms with Crippen LogP contribution in [0.3, 0.4) is 0 Å². The molecule has 2 nitrogen and oxygen atoms in total. The van der Waals surface area contributed by atoms with Crippen molar-refractivity contribution >= 4 is 0 Å². The highest BCUT2D eigenvalue weighted by Gasteiger charge is 1.86. The lowest BCUT2D eigenvalue weighted by Crippen LogP contribution is -2.19. The van der Waals surface area contributed by atoms with E-state index < -0.39 is 0 Å². The zero-order chi connectivity index (χ0) is 4.95. The van der Waals surface area contributed by atoms with Gasteiger partial charge in [-0.2, -0.15) is 0 Å². The Morgan fingerprint density at radius 3 is 2.29 bits per heavy atom. The molecule has 1 aliphatic heterocycles. The first-order valence-corrected chi connectivity index (χ1v) is 2.36. The summed E-state index contributed by atoms with van der Waals surface area (Å²) in [5, 5.41) is 5.80. The summed E-state index contributed by atoms with van der Waals surface area (Å²) in [7, 11) is 0. The normalized spacial score (nSPS) is 21.7. The smallest absolute Gasteiger partial charge is 0.141 e. The number of hydrogen-bond acceptors (Lipinski definition) is 2. The van der Waals surface area contributed by atoms with Gasteiger partial charge in [0.15, 0.2) is 0 Å². The number of rotatable bonds is 0. The highest BCUT2D eigenvalue weighted by Crippen LogP contribution is 1.74. The second kappa shape index (κ2) is 2.77. The molecule has 0 fully saturated rings. The summed E-state index contributed by atoms with van der Waals surface area (Å²) >= 11 is 0. The molecular formula is C5H8N2. The van der Waals surface area contributed by atoms with Gasteiger partial charge < -0.3 is 0 Å². The molecule has 1 rings (SSSR count). The van der Waals surface area contributed by atoms with Gasteiger partial charge in [-0.05, 0) is 0 Å². The zero-order valence-corrected chi connectivity index (χ0v) is 4.07. The minimum atomic E-state index is 0.896. The monoisotopic (exact) mass is 96.1 g/mol. The van der Waals surface area contributed by atoms with Gasteiger partial charge in [-0.25, -0.2) is 0 Å². The van der Waals surface area contributed by atoms with Gasteiger partial charge in [-0.15, -0.1) is 0 Å². The summed E-state index contributed by atoms with van der Waals surface area (Å²) in [6, 6.07) is 0. The molecule has 0 atom stereocenters. The third kappa shape index (κ3) is 1.71. The molecule has 1 heterocycles. The van der Waals surface area contributed by atoms with E-state index in [1.165, 1.54) is 0 Å². The lowest BCUT2D eigenvalue weighted by molar-refractivity contribution is 0.773. The van der Waals surface area contributed by atoms with E-state index in [1.807, 2.05) is 0 Å². The van der Waals surface area contributed by atoms with Crippen molar-refractivity contribution in [1.29, 1.82) is 0 Å². The van der Waals surface area contributed by atoms with Gasteiger partial charge in [-0.1, -0.05) is 12.2 Å². The Morgan fingerprint density at radius 2 is 1.71 bits per heavy atom. The predicted molar refractivity (Wildman–Crippen MR) is 28.4 cm³/mol. The third-order valence-corrected chi connectivity index (χ3v) is 0.783. The highest BCUT2D eigenvalue weighted by atomic mass is 15.1. The van der Waals surface area contributed by atoms with E-state index in [9.17, 15) is 0 Å². The second-order valence-corrected chi connectivity index (χ2v) is 1.36. The molecule has 0 bridgehead atoms. The van der Waals surface area contributed by atoms with Crippen molar-refractivity contribution in [3.05, 3.63) is 18.8 Å². The van der Waals surface area contributed by atoms with Gasteiger partial charge in [0.1, 0.15) is 6.67 Å². The fourth-order valence-corrected chi connectivity index (χ4v) is 0.449. The highest BCUT2D eigenvalue weighted by molar-refractivity contribution is 4.90. The SMILES string of the molecule is [C]1NCC=CCN1. The Kier molecular flexibility index (Phi) is 1.90. The molecule has 0 aromatic carbocycles. The molecule has 2 heteroatoms. The van der Waals surface area contributed by atoms with Crippen molar-refractivity contribution in [2.24, 2.45) is 0 Å². The van der Waals surface area contributed by atoms with Gasteiger partial charge in [0.25, 0.3) is 0 Å². The summed E-state index contributed by atoms with van der Waals surface area (Å²) < 4.78 is 0. The van der Waals surface area contributed by atoms with Crippen LogP contribution in [0.5, 0.6) is 0 Å². The molecule has 0 saturated carbocycles. The average molecular weight is 96.1 g/mol. The second-order valence-electron chi connectivity index (χ2n) is 1.36. The number of hydrogen-bond donors (Lipinski definition) is 2. The van der Waals surface area contributed by atoms with Crippen molar-refractivity contribution < 1.29 is 0 Å². The molecule has 1 aliphatic rings. The largest absolute Gasteiger partial charge is 0.290 e. The van der Waals surface area contributed by atoms with Crippen molar-refractivity contribution in [2.75, 3.05) is 13.1 Å². The van der Waals surface area contributed by atoms with Crippen LogP contribution in [0, 0.1) is 6.67 Å². The van der Waals surface area contributed by atoms with Crippen LogP contribution >= 0.6 is 0 Å². The number of nitrogens with one attached hydrogen (secondary N) is 2. The van der Waals surface area contributed by atoms with Gasteiger partial charge >= 0.3 is 0 Å².